The number of hydrogen-bond acceptors (Lipinski definition) is 3. The third-order valence-electron chi connectivity index (χ3n) is 5.45. The molecule has 2 N–H and O–H groups in total. The zero-order valence-corrected chi connectivity index (χ0v) is 21.3. The third-order valence-corrected chi connectivity index (χ3v) is 5.91. The molecule has 2 unspecified atom stereocenters. The van der Waals surface area contributed by atoms with Gasteiger partial charge in [0.05, 0.1) is 0 Å². The highest BCUT2D eigenvalue weighted by Crippen LogP contribution is 2.35. The molecule has 0 bridgehead atoms. The number of halogens is 3. The van der Waals surface area contributed by atoms with Gasteiger partial charge in [0.15, 0.2) is 5.96 Å². The first-order valence-corrected chi connectivity index (χ1v) is 10.8. The number of pyridine rings is 1. The minimum absolute atomic E-state index is 0. The van der Waals surface area contributed by atoms with Gasteiger partial charge in [-0.15, -0.1) is 24.0 Å². The van der Waals surface area contributed by atoms with Crippen LogP contribution in [0.1, 0.15) is 30.0 Å². The van der Waals surface area contributed by atoms with Gasteiger partial charge in [-0.05, 0) is 68.1 Å². The summed E-state index contributed by atoms with van der Waals surface area (Å²) in [6, 6.07) is 12.4. The van der Waals surface area contributed by atoms with E-state index in [9.17, 15) is 0 Å². The molecule has 1 fully saturated rings. The van der Waals surface area contributed by atoms with Crippen LogP contribution in [0.5, 0.6) is 0 Å². The van der Waals surface area contributed by atoms with Gasteiger partial charge >= 0.3 is 0 Å². The molecular weight excluding hydrogens is 532 g/mol. The molecule has 8 heteroatoms. The third kappa shape index (κ3) is 7.25. The largest absolute Gasteiger partial charge is 0.356 e. The summed E-state index contributed by atoms with van der Waals surface area (Å²) >= 11 is 12.1. The smallest absolute Gasteiger partial charge is 0.190 e. The molecule has 0 amide bonds. The van der Waals surface area contributed by atoms with E-state index in [1.54, 1.807) is 7.05 Å². The highest BCUT2D eigenvalue weighted by atomic mass is 127. The van der Waals surface area contributed by atoms with Gasteiger partial charge in [-0.1, -0.05) is 41.4 Å². The van der Waals surface area contributed by atoms with Gasteiger partial charge in [-0.3, -0.25) is 9.89 Å². The minimum atomic E-state index is 0. The Hall–Kier alpha value is -1.09. The van der Waals surface area contributed by atoms with E-state index in [1.165, 1.54) is 18.4 Å². The summed E-state index contributed by atoms with van der Waals surface area (Å²) in [5.74, 6) is 1.32. The standard InChI is InChI=1S/C22H29Cl2N5.HI/c1-25-22(26-11-10-16-8-9-20(24)27-14-16)28-15-18-6-4-12-29(2)21(18)17-5-3-7-19(23)13-17;/h3,5,7-9,13-14,18,21H,4,6,10-12,15H2,1-2H3,(H2,25,26,28);1H. The molecule has 2 heterocycles. The van der Waals surface area contributed by atoms with Gasteiger partial charge in [0.2, 0.25) is 0 Å². The monoisotopic (exact) mass is 561 g/mol. The van der Waals surface area contributed by atoms with Crippen LogP contribution in [0.25, 0.3) is 0 Å². The Morgan fingerprint density at radius 3 is 2.77 bits per heavy atom. The average molecular weight is 562 g/mol. The highest BCUT2D eigenvalue weighted by molar-refractivity contribution is 14.0. The molecule has 1 aromatic heterocycles. The first-order valence-electron chi connectivity index (χ1n) is 10.1. The number of aliphatic imine (C=N–C) groups is 1. The van der Waals surface area contributed by atoms with Crippen molar-refractivity contribution in [3.05, 3.63) is 63.9 Å². The molecule has 3 rings (SSSR count). The van der Waals surface area contributed by atoms with E-state index < -0.39 is 0 Å². The summed E-state index contributed by atoms with van der Waals surface area (Å²) in [6.07, 6.45) is 5.06. The Labute approximate surface area is 206 Å². The molecule has 5 nitrogen and oxygen atoms in total. The van der Waals surface area contributed by atoms with Crippen LogP contribution >= 0.6 is 47.2 Å². The first-order chi connectivity index (χ1) is 14.1. The number of piperidine rings is 1. The summed E-state index contributed by atoms with van der Waals surface area (Å²) in [7, 11) is 4.01. The second-order valence-electron chi connectivity index (χ2n) is 7.50. The zero-order chi connectivity index (χ0) is 20.6. The van der Waals surface area contributed by atoms with Crippen molar-refractivity contribution in [3.8, 4) is 0 Å². The van der Waals surface area contributed by atoms with Crippen LogP contribution in [0.15, 0.2) is 47.6 Å². The van der Waals surface area contributed by atoms with Crippen LogP contribution in [-0.4, -0.2) is 49.6 Å². The fourth-order valence-electron chi connectivity index (χ4n) is 4.02. The van der Waals surface area contributed by atoms with Gasteiger partial charge in [0.1, 0.15) is 5.15 Å². The van der Waals surface area contributed by atoms with Crippen molar-refractivity contribution in [1.29, 1.82) is 0 Å². The number of nitrogens with zero attached hydrogens (tertiary/aromatic N) is 3. The molecule has 0 aliphatic carbocycles. The van der Waals surface area contributed by atoms with E-state index in [4.69, 9.17) is 23.2 Å². The Balaban J connectivity index is 0.00000320. The highest BCUT2D eigenvalue weighted by Gasteiger charge is 2.30. The van der Waals surface area contributed by atoms with Crippen molar-refractivity contribution in [1.82, 2.24) is 20.5 Å². The van der Waals surface area contributed by atoms with E-state index in [0.29, 0.717) is 17.1 Å². The fourth-order valence-corrected chi connectivity index (χ4v) is 4.33. The molecule has 1 aromatic carbocycles. The summed E-state index contributed by atoms with van der Waals surface area (Å²) < 4.78 is 0. The molecule has 1 aliphatic heterocycles. The molecule has 2 atom stereocenters. The van der Waals surface area contributed by atoms with Gasteiger partial charge in [0, 0.05) is 37.4 Å². The predicted octanol–water partition coefficient (Wildman–Crippen LogP) is 4.80. The van der Waals surface area contributed by atoms with Crippen LogP contribution in [-0.2, 0) is 6.42 Å². The predicted molar refractivity (Wildman–Crippen MR) is 137 cm³/mol. The number of likely N-dealkylation sites (tertiary alicyclic amines) is 1. The molecule has 1 aliphatic rings. The lowest BCUT2D eigenvalue weighted by molar-refractivity contribution is 0.122. The number of hydrogen-bond donors (Lipinski definition) is 2. The molecule has 164 valence electrons. The average Bonchev–Trinajstić information content (AvgIpc) is 2.72. The second kappa shape index (κ2) is 12.7. The Bertz CT molecular complexity index is 815. The van der Waals surface area contributed by atoms with Gasteiger partial charge in [-0.25, -0.2) is 4.98 Å². The first kappa shape index (κ1) is 25.2. The lowest BCUT2D eigenvalue weighted by Gasteiger charge is -2.40. The van der Waals surface area contributed by atoms with E-state index in [2.05, 4.69) is 44.7 Å². The van der Waals surface area contributed by atoms with Gasteiger partial charge in [0.25, 0.3) is 0 Å². The van der Waals surface area contributed by atoms with Crippen molar-refractivity contribution in [2.24, 2.45) is 10.9 Å². The fraction of sp³-hybridized carbons (Fsp3) is 0.455. The van der Waals surface area contributed by atoms with Crippen molar-refractivity contribution in [2.75, 3.05) is 33.7 Å². The Morgan fingerprint density at radius 2 is 2.07 bits per heavy atom. The maximum Gasteiger partial charge on any atom is 0.190 e. The van der Waals surface area contributed by atoms with Crippen LogP contribution < -0.4 is 10.6 Å². The minimum Gasteiger partial charge on any atom is -0.356 e. The van der Waals surface area contributed by atoms with Crippen LogP contribution in [0.3, 0.4) is 0 Å². The lowest BCUT2D eigenvalue weighted by Crippen LogP contribution is -2.45. The Kier molecular flexibility index (Phi) is 10.6. The van der Waals surface area contributed by atoms with Crippen LogP contribution in [0, 0.1) is 5.92 Å². The number of guanidine groups is 1. The lowest BCUT2D eigenvalue weighted by atomic mass is 9.85. The molecular formula is C22H30Cl2IN5. The van der Waals surface area contributed by atoms with E-state index >= 15 is 0 Å². The number of aromatic nitrogens is 1. The summed E-state index contributed by atoms with van der Waals surface area (Å²) in [5, 5.41) is 8.22. The van der Waals surface area contributed by atoms with Crippen molar-refractivity contribution in [3.63, 3.8) is 0 Å². The normalized spacial score (nSPS) is 19.8. The summed E-state index contributed by atoms with van der Waals surface area (Å²) in [6.45, 7) is 2.75. The van der Waals surface area contributed by atoms with Crippen molar-refractivity contribution >= 4 is 53.1 Å². The van der Waals surface area contributed by atoms with E-state index in [-0.39, 0.29) is 24.0 Å². The topological polar surface area (TPSA) is 52.6 Å². The molecule has 2 aromatic rings. The van der Waals surface area contributed by atoms with Crippen LogP contribution in [0.4, 0.5) is 0 Å². The summed E-state index contributed by atoms with van der Waals surface area (Å²) in [5.41, 5.74) is 2.43. The summed E-state index contributed by atoms with van der Waals surface area (Å²) in [4.78, 5) is 10.9. The molecule has 0 spiro atoms. The maximum absolute atomic E-state index is 6.25. The SMILES string of the molecule is CN=C(NCCc1ccc(Cl)nc1)NCC1CCCN(C)C1c1cccc(Cl)c1.I. The quantitative estimate of drug-likeness (QED) is 0.230. The second-order valence-corrected chi connectivity index (χ2v) is 8.33. The van der Waals surface area contributed by atoms with Gasteiger partial charge < -0.3 is 10.6 Å². The van der Waals surface area contributed by atoms with Crippen molar-refractivity contribution < 1.29 is 0 Å². The zero-order valence-electron chi connectivity index (χ0n) is 17.4. The molecule has 30 heavy (non-hydrogen) atoms. The number of benzene rings is 1. The van der Waals surface area contributed by atoms with Gasteiger partial charge in [-0.2, -0.15) is 0 Å². The van der Waals surface area contributed by atoms with Crippen molar-refractivity contribution in [2.45, 2.75) is 25.3 Å². The molecule has 0 radical (unpaired) electrons. The molecule has 1 saturated heterocycles. The van der Waals surface area contributed by atoms with E-state index in [0.717, 1.165) is 42.6 Å². The number of nitrogens with one attached hydrogen (secondary N) is 2. The maximum atomic E-state index is 6.25. The van der Waals surface area contributed by atoms with E-state index in [1.807, 2.05) is 30.5 Å². The van der Waals surface area contributed by atoms with Crippen LogP contribution in [0.2, 0.25) is 10.2 Å². The number of rotatable bonds is 6. The molecule has 0 saturated carbocycles. The Morgan fingerprint density at radius 1 is 1.23 bits per heavy atom.